The molecule has 1 atom stereocenters. The van der Waals surface area contributed by atoms with Crippen molar-refractivity contribution in [2.75, 3.05) is 25.0 Å². The Morgan fingerprint density at radius 3 is 2.46 bits per heavy atom. The van der Waals surface area contributed by atoms with Gasteiger partial charge in [-0.1, -0.05) is 13.8 Å². The predicted octanol–water partition coefficient (Wildman–Crippen LogP) is 0.755. The molecule has 1 aromatic carbocycles. The van der Waals surface area contributed by atoms with Crippen LogP contribution < -0.4 is 5.32 Å². The molecule has 0 aliphatic carbocycles. The van der Waals surface area contributed by atoms with E-state index in [2.05, 4.69) is 5.32 Å². The van der Waals surface area contributed by atoms with E-state index in [0.717, 1.165) is 4.31 Å². The second-order valence-electron chi connectivity index (χ2n) is 5.73. The zero-order chi connectivity index (χ0) is 17.9. The number of aliphatic carboxylic acids is 1. The Morgan fingerprint density at radius 2 is 1.92 bits per heavy atom. The Morgan fingerprint density at radius 1 is 1.29 bits per heavy atom. The highest BCUT2D eigenvalue weighted by molar-refractivity contribution is 7.89. The van der Waals surface area contributed by atoms with Crippen molar-refractivity contribution in [1.29, 1.82) is 0 Å². The third kappa shape index (κ3) is 4.11. The molecule has 1 heterocycles. The average Bonchev–Trinajstić information content (AvgIpc) is 2.55. The number of morpholine rings is 1. The number of benzene rings is 1. The highest BCUT2D eigenvalue weighted by Gasteiger charge is 2.33. The minimum Gasteiger partial charge on any atom is -0.479 e. The lowest BCUT2D eigenvalue weighted by molar-refractivity contribution is -0.153. The standard InChI is InChI=1S/C15H20N2O6S/c1-10(2)14(18)16-11-3-5-12(6-4-11)24(21,22)17-7-8-23-13(9-17)15(19)20/h3-6,10,13H,7-9H2,1-2H3,(H,16,18)(H,19,20). The molecule has 0 radical (unpaired) electrons. The summed E-state index contributed by atoms with van der Waals surface area (Å²) in [6, 6.07) is 5.78. The molecular weight excluding hydrogens is 336 g/mol. The van der Waals surface area contributed by atoms with Gasteiger partial charge >= 0.3 is 5.97 Å². The van der Waals surface area contributed by atoms with Crippen LogP contribution in [0.4, 0.5) is 5.69 Å². The topological polar surface area (TPSA) is 113 Å². The first-order valence-corrected chi connectivity index (χ1v) is 8.91. The first-order valence-electron chi connectivity index (χ1n) is 7.47. The molecular formula is C15H20N2O6S. The Hall–Kier alpha value is -1.97. The summed E-state index contributed by atoms with van der Waals surface area (Å²) in [5.74, 6) is -1.54. The van der Waals surface area contributed by atoms with Gasteiger partial charge in [0.1, 0.15) is 0 Å². The normalized spacial score (nSPS) is 19.2. The fourth-order valence-electron chi connectivity index (χ4n) is 2.14. The van der Waals surface area contributed by atoms with Crippen LogP contribution in [0.2, 0.25) is 0 Å². The maximum Gasteiger partial charge on any atom is 0.334 e. The molecule has 1 fully saturated rings. The summed E-state index contributed by atoms with van der Waals surface area (Å²) in [6.45, 7) is 3.40. The molecule has 1 aliphatic rings. The molecule has 8 nitrogen and oxygen atoms in total. The number of carboxylic acids is 1. The van der Waals surface area contributed by atoms with E-state index in [1.165, 1.54) is 24.3 Å². The summed E-state index contributed by atoms with van der Waals surface area (Å²) in [7, 11) is -3.81. The molecule has 0 aromatic heterocycles. The number of sulfonamides is 1. The van der Waals surface area contributed by atoms with Gasteiger partial charge in [-0.25, -0.2) is 13.2 Å². The highest BCUT2D eigenvalue weighted by atomic mass is 32.2. The summed E-state index contributed by atoms with van der Waals surface area (Å²) in [4.78, 5) is 22.7. The first kappa shape index (κ1) is 18.4. The minimum atomic E-state index is -3.81. The molecule has 1 aliphatic heterocycles. The van der Waals surface area contributed by atoms with Crippen LogP contribution in [0.3, 0.4) is 0 Å². The fourth-order valence-corrected chi connectivity index (χ4v) is 3.56. The van der Waals surface area contributed by atoms with Crippen molar-refractivity contribution in [2.45, 2.75) is 24.8 Å². The number of amides is 1. The number of hydrogen-bond acceptors (Lipinski definition) is 5. The zero-order valence-corrected chi connectivity index (χ0v) is 14.2. The van der Waals surface area contributed by atoms with Gasteiger partial charge in [-0.15, -0.1) is 0 Å². The summed E-state index contributed by atoms with van der Waals surface area (Å²) < 4.78 is 31.3. The number of carboxylic acid groups (broad SMARTS) is 1. The number of nitrogens with zero attached hydrogens (tertiary/aromatic N) is 1. The molecule has 1 amide bonds. The molecule has 1 saturated heterocycles. The van der Waals surface area contributed by atoms with Crippen LogP contribution in [0.5, 0.6) is 0 Å². The SMILES string of the molecule is CC(C)C(=O)Nc1ccc(S(=O)(=O)N2CCOC(C(=O)O)C2)cc1. The molecule has 1 unspecified atom stereocenters. The van der Waals surface area contributed by atoms with Crippen molar-refractivity contribution in [1.82, 2.24) is 4.31 Å². The van der Waals surface area contributed by atoms with Crippen molar-refractivity contribution in [2.24, 2.45) is 5.92 Å². The van der Waals surface area contributed by atoms with Gasteiger partial charge < -0.3 is 15.2 Å². The van der Waals surface area contributed by atoms with Crippen molar-refractivity contribution >= 4 is 27.6 Å². The Bertz CT molecular complexity index is 714. The van der Waals surface area contributed by atoms with Crippen molar-refractivity contribution < 1.29 is 27.9 Å². The molecule has 0 saturated carbocycles. The molecule has 1 aromatic rings. The zero-order valence-electron chi connectivity index (χ0n) is 13.4. The van der Waals surface area contributed by atoms with E-state index in [0.29, 0.717) is 5.69 Å². The Balaban J connectivity index is 2.14. The van der Waals surface area contributed by atoms with Crippen LogP contribution in [-0.2, 0) is 24.3 Å². The summed E-state index contributed by atoms with van der Waals surface area (Å²) in [6.07, 6.45) is -1.17. The van der Waals surface area contributed by atoms with Crippen molar-refractivity contribution in [3.8, 4) is 0 Å². The number of anilines is 1. The maximum absolute atomic E-state index is 12.6. The summed E-state index contributed by atoms with van der Waals surface area (Å²) >= 11 is 0. The molecule has 132 valence electrons. The van der Waals surface area contributed by atoms with Gasteiger partial charge in [0, 0.05) is 18.2 Å². The number of ether oxygens (including phenoxy) is 1. The Kier molecular flexibility index (Phi) is 5.58. The third-order valence-corrected chi connectivity index (χ3v) is 5.47. The van der Waals surface area contributed by atoms with E-state index in [1.807, 2.05) is 0 Å². The van der Waals surface area contributed by atoms with E-state index < -0.39 is 22.1 Å². The van der Waals surface area contributed by atoms with Gasteiger partial charge in [0.2, 0.25) is 15.9 Å². The van der Waals surface area contributed by atoms with Gasteiger partial charge in [-0.05, 0) is 24.3 Å². The van der Waals surface area contributed by atoms with E-state index in [-0.39, 0.29) is 36.4 Å². The highest BCUT2D eigenvalue weighted by Crippen LogP contribution is 2.21. The van der Waals surface area contributed by atoms with Gasteiger partial charge in [0.15, 0.2) is 6.10 Å². The van der Waals surface area contributed by atoms with E-state index in [4.69, 9.17) is 9.84 Å². The van der Waals surface area contributed by atoms with Crippen LogP contribution in [0, 0.1) is 5.92 Å². The number of hydrogen-bond donors (Lipinski definition) is 2. The molecule has 9 heteroatoms. The number of rotatable bonds is 5. The van der Waals surface area contributed by atoms with Gasteiger partial charge in [-0.2, -0.15) is 4.31 Å². The lowest BCUT2D eigenvalue weighted by Gasteiger charge is -2.30. The lowest BCUT2D eigenvalue weighted by Crippen LogP contribution is -2.48. The van der Waals surface area contributed by atoms with Crippen LogP contribution in [-0.4, -0.2) is 55.5 Å². The molecule has 2 rings (SSSR count). The largest absolute Gasteiger partial charge is 0.479 e. The van der Waals surface area contributed by atoms with E-state index in [9.17, 15) is 18.0 Å². The number of carbonyl (C=O) groups excluding carboxylic acids is 1. The van der Waals surface area contributed by atoms with Crippen LogP contribution >= 0.6 is 0 Å². The van der Waals surface area contributed by atoms with E-state index in [1.54, 1.807) is 13.8 Å². The van der Waals surface area contributed by atoms with E-state index >= 15 is 0 Å². The monoisotopic (exact) mass is 356 g/mol. The fraction of sp³-hybridized carbons (Fsp3) is 0.467. The van der Waals surface area contributed by atoms with Crippen molar-refractivity contribution in [3.05, 3.63) is 24.3 Å². The quantitative estimate of drug-likeness (QED) is 0.805. The predicted molar refractivity (Wildman–Crippen MR) is 86.0 cm³/mol. The molecule has 0 spiro atoms. The molecule has 0 bridgehead atoms. The summed E-state index contributed by atoms with van der Waals surface area (Å²) in [5.41, 5.74) is 0.498. The van der Waals surface area contributed by atoms with Gasteiger partial charge in [-0.3, -0.25) is 4.79 Å². The van der Waals surface area contributed by atoms with Crippen molar-refractivity contribution in [3.63, 3.8) is 0 Å². The van der Waals surface area contributed by atoms with Crippen LogP contribution in [0.25, 0.3) is 0 Å². The minimum absolute atomic E-state index is 0.0265. The third-order valence-electron chi connectivity index (χ3n) is 3.59. The molecule has 2 N–H and O–H groups in total. The maximum atomic E-state index is 12.6. The lowest BCUT2D eigenvalue weighted by atomic mass is 10.2. The van der Waals surface area contributed by atoms with Gasteiger partial charge in [0.25, 0.3) is 0 Å². The number of carbonyl (C=O) groups is 2. The van der Waals surface area contributed by atoms with Crippen LogP contribution in [0.1, 0.15) is 13.8 Å². The van der Waals surface area contributed by atoms with Crippen LogP contribution in [0.15, 0.2) is 29.2 Å². The first-order chi connectivity index (χ1) is 11.2. The average molecular weight is 356 g/mol. The Labute approximate surface area is 140 Å². The second-order valence-corrected chi connectivity index (χ2v) is 7.67. The second kappa shape index (κ2) is 7.29. The number of nitrogens with one attached hydrogen (secondary N) is 1. The summed E-state index contributed by atoms with van der Waals surface area (Å²) in [5, 5.41) is 11.6. The molecule has 24 heavy (non-hydrogen) atoms. The smallest absolute Gasteiger partial charge is 0.334 e. The van der Waals surface area contributed by atoms with Gasteiger partial charge in [0.05, 0.1) is 18.0 Å².